The van der Waals surface area contributed by atoms with Crippen molar-refractivity contribution in [3.8, 4) is 0 Å². The van der Waals surface area contributed by atoms with E-state index in [4.69, 9.17) is 5.73 Å². The average molecular weight is 233 g/mol. The summed E-state index contributed by atoms with van der Waals surface area (Å²) in [5.41, 5.74) is 6.58. The third-order valence-corrected chi connectivity index (χ3v) is 3.73. The lowest BCUT2D eigenvalue weighted by molar-refractivity contribution is 0.274. The molecule has 3 N–H and O–H groups in total. The van der Waals surface area contributed by atoms with Crippen molar-refractivity contribution in [1.29, 1.82) is 0 Å². The summed E-state index contributed by atoms with van der Waals surface area (Å²) in [5, 5.41) is 3.34. The molecule has 1 saturated carbocycles. The molecule has 2 unspecified atom stereocenters. The van der Waals surface area contributed by atoms with E-state index in [1.165, 1.54) is 32.1 Å². The van der Waals surface area contributed by atoms with Crippen LogP contribution in [0.3, 0.4) is 0 Å². The van der Waals surface area contributed by atoms with E-state index in [2.05, 4.69) is 17.2 Å². The van der Waals surface area contributed by atoms with Gasteiger partial charge in [0.1, 0.15) is 5.82 Å². The standard InChI is InChI=1S/C14H23N3/c1-11-4-2-5-12(10-11)7-9-17-14-13(15)6-3-8-16-14/h3,6,8,11-12H,2,4-5,7,9-10,15H2,1H3,(H,16,17). The summed E-state index contributed by atoms with van der Waals surface area (Å²) in [4.78, 5) is 4.24. The van der Waals surface area contributed by atoms with Gasteiger partial charge in [-0.3, -0.25) is 0 Å². The summed E-state index contributed by atoms with van der Waals surface area (Å²) < 4.78 is 0. The third kappa shape index (κ3) is 3.62. The SMILES string of the molecule is CC1CCCC(CCNc2ncccc2N)C1. The van der Waals surface area contributed by atoms with E-state index in [9.17, 15) is 0 Å². The Morgan fingerprint density at radius 1 is 1.47 bits per heavy atom. The van der Waals surface area contributed by atoms with Crippen LogP contribution in [0.2, 0.25) is 0 Å². The highest BCUT2D eigenvalue weighted by atomic mass is 15.0. The van der Waals surface area contributed by atoms with Crippen molar-refractivity contribution in [1.82, 2.24) is 4.98 Å². The Morgan fingerprint density at radius 3 is 3.12 bits per heavy atom. The highest BCUT2D eigenvalue weighted by Gasteiger charge is 2.18. The highest BCUT2D eigenvalue weighted by molar-refractivity contribution is 5.60. The minimum Gasteiger partial charge on any atom is -0.396 e. The Kier molecular flexibility index (Phi) is 4.24. The van der Waals surface area contributed by atoms with Crippen LogP contribution < -0.4 is 11.1 Å². The molecule has 1 fully saturated rings. The van der Waals surface area contributed by atoms with E-state index >= 15 is 0 Å². The Balaban J connectivity index is 1.74. The van der Waals surface area contributed by atoms with E-state index < -0.39 is 0 Å². The number of aromatic nitrogens is 1. The molecule has 3 nitrogen and oxygen atoms in total. The zero-order valence-corrected chi connectivity index (χ0v) is 10.7. The molecule has 3 heteroatoms. The predicted molar refractivity (Wildman–Crippen MR) is 72.9 cm³/mol. The number of anilines is 2. The molecule has 2 rings (SSSR count). The van der Waals surface area contributed by atoms with Crippen LogP contribution in [-0.4, -0.2) is 11.5 Å². The quantitative estimate of drug-likeness (QED) is 0.839. The van der Waals surface area contributed by atoms with Gasteiger partial charge in [-0.05, 0) is 36.8 Å². The fraction of sp³-hybridized carbons (Fsp3) is 0.643. The van der Waals surface area contributed by atoms with Crippen LogP contribution in [0, 0.1) is 11.8 Å². The van der Waals surface area contributed by atoms with Gasteiger partial charge < -0.3 is 11.1 Å². The lowest BCUT2D eigenvalue weighted by Gasteiger charge is -2.26. The Bertz CT molecular complexity index is 351. The minimum atomic E-state index is 0.740. The minimum absolute atomic E-state index is 0.740. The number of nitrogen functional groups attached to an aromatic ring is 1. The van der Waals surface area contributed by atoms with Crippen molar-refractivity contribution in [3.05, 3.63) is 18.3 Å². The fourth-order valence-electron chi connectivity index (χ4n) is 2.78. The molecule has 17 heavy (non-hydrogen) atoms. The Hall–Kier alpha value is -1.25. The molecule has 1 aliphatic rings. The molecule has 1 aromatic rings. The van der Waals surface area contributed by atoms with Crippen LogP contribution in [0.4, 0.5) is 11.5 Å². The number of pyridine rings is 1. The van der Waals surface area contributed by atoms with Crippen molar-refractivity contribution >= 4 is 11.5 Å². The zero-order chi connectivity index (χ0) is 12.1. The van der Waals surface area contributed by atoms with Crippen molar-refractivity contribution < 1.29 is 0 Å². The van der Waals surface area contributed by atoms with Gasteiger partial charge >= 0.3 is 0 Å². The Morgan fingerprint density at radius 2 is 2.35 bits per heavy atom. The van der Waals surface area contributed by atoms with Crippen molar-refractivity contribution in [2.24, 2.45) is 11.8 Å². The van der Waals surface area contributed by atoms with Gasteiger partial charge in [0.2, 0.25) is 0 Å². The molecule has 0 amide bonds. The van der Waals surface area contributed by atoms with Gasteiger partial charge in [-0.1, -0.05) is 26.2 Å². The second-order valence-electron chi connectivity index (χ2n) is 5.29. The van der Waals surface area contributed by atoms with Crippen molar-refractivity contribution in [3.63, 3.8) is 0 Å². The van der Waals surface area contributed by atoms with Gasteiger partial charge in [-0.15, -0.1) is 0 Å². The van der Waals surface area contributed by atoms with Crippen LogP contribution >= 0.6 is 0 Å². The summed E-state index contributed by atoms with van der Waals surface area (Å²) in [6.45, 7) is 3.36. The maximum Gasteiger partial charge on any atom is 0.149 e. The Labute approximate surface area is 104 Å². The summed E-state index contributed by atoms with van der Waals surface area (Å²) >= 11 is 0. The van der Waals surface area contributed by atoms with Gasteiger partial charge in [-0.25, -0.2) is 4.98 Å². The fourth-order valence-corrected chi connectivity index (χ4v) is 2.78. The first-order chi connectivity index (χ1) is 8.25. The van der Waals surface area contributed by atoms with Gasteiger partial charge in [0, 0.05) is 12.7 Å². The topological polar surface area (TPSA) is 50.9 Å². The molecule has 94 valence electrons. The predicted octanol–water partition coefficient (Wildman–Crippen LogP) is 3.29. The lowest BCUT2D eigenvalue weighted by Crippen LogP contribution is -2.17. The van der Waals surface area contributed by atoms with E-state index in [0.29, 0.717) is 0 Å². The molecule has 1 aliphatic carbocycles. The summed E-state index contributed by atoms with van der Waals surface area (Å²) in [5.74, 6) is 2.63. The second kappa shape index (κ2) is 5.89. The first-order valence-corrected chi connectivity index (χ1v) is 6.70. The number of hydrogen-bond donors (Lipinski definition) is 2. The van der Waals surface area contributed by atoms with Gasteiger partial charge in [0.25, 0.3) is 0 Å². The molecule has 1 aromatic heterocycles. The van der Waals surface area contributed by atoms with E-state index in [1.807, 2.05) is 12.1 Å². The maximum atomic E-state index is 5.84. The second-order valence-corrected chi connectivity index (χ2v) is 5.29. The smallest absolute Gasteiger partial charge is 0.149 e. The highest BCUT2D eigenvalue weighted by Crippen LogP contribution is 2.30. The molecular formula is C14H23N3. The first kappa shape index (κ1) is 12.2. The number of nitrogens with two attached hydrogens (primary N) is 1. The molecule has 0 aromatic carbocycles. The van der Waals surface area contributed by atoms with E-state index in [-0.39, 0.29) is 0 Å². The van der Waals surface area contributed by atoms with Gasteiger partial charge in [-0.2, -0.15) is 0 Å². The molecule has 0 bridgehead atoms. The zero-order valence-electron chi connectivity index (χ0n) is 10.7. The van der Waals surface area contributed by atoms with Crippen molar-refractivity contribution in [2.75, 3.05) is 17.6 Å². The molecular weight excluding hydrogens is 210 g/mol. The molecule has 0 radical (unpaired) electrons. The molecule has 0 spiro atoms. The summed E-state index contributed by atoms with van der Waals surface area (Å²) in [7, 11) is 0. The summed E-state index contributed by atoms with van der Waals surface area (Å²) in [6, 6.07) is 3.75. The maximum absolute atomic E-state index is 5.84. The summed E-state index contributed by atoms with van der Waals surface area (Å²) in [6.07, 6.45) is 8.61. The van der Waals surface area contributed by atoms with E-state index in [1.54, 1.807) is 6.20 Å². The van der Waals surface area contributed by atoms with Crippen LogP contribution in [0.25, 0.3) is 0 Å². The molecule has 0 aliphatic heterocycles. The van der Waals surface area contributed by atoms with E-state index in [0.717, 1.165) is 29.9 Å². The number of nitrogens with one attached hydrogen (secondary N) is 1. The van der Waals surface area contributed by atoms with Gasteiger partial charge in [0.05, 0.1) is 5.69 Å². The number of nitrogens with zero attached hydrogens (tertiary/aromatic N) is 1. The largest absolute Gasteiger partial charge is 0.396 e. The first-order valence-electron chi connectivity index (χ1n) is 6.70. The number of rotatable bonds is 4. The number of hydrogen-bond acceptors (Lipinski definition) is 3. The van der Waals surface area contributed by atoms with Crippen LogP contribution in [0.15, 0.2) is 18.3 Å². The normalized spacial score (nSPS) is 24.5. The van der Waals surface area contributed by atoms with Crippen LogP contribution in [0.1, 0.15) is 39.0 Å². The average Bonchev–Trinajstić information content (AvgIpc) is 2.32. The molecule has 2 atom stereocenters. The van der Waals surface area contributed by atoms with Crippen LogP contribution in [0.5, 0.6) is 0 Å². The van der Waals surface area contributed by atoms with Crippen LogP contribution in [-0.2, 0) is 0 Å². The van der Waals surface area contributed by atoms with Crippen molar-refractivity contribution in [2.45, 2.75) is 39.0 Å². The third-order valence-electron chi connectivity index (χ3n) is 3.73. The molecule has 1 heterocycles. The monoisotopic (exact) mass is 233 g/mol. The van der Waals surface area contributed by atoms with Gasteiger partial charge in [0.15, 0.2) is 0 Å². The lowest BCUT2D eigenvalue weighted by atomic mass is 9.81. The molecule has 0 saturated heterocycles.